The van der Waals surface area contributed by atoms with Crippen LogP contribution in [0.1, 0.15) is 33.6 Å². The van der Waals surface area contributed by atoms with Gasteiger partial charge in [0.2, 0.25) is 0 Å². The first kappa shape index (κ1) is 11.7. The minimum Gasteiger partial charge on any atom is -0.444 e. The number of likely N-dealkylation sites (N-methyl/N-ethyl adjacent to an activating group) is 1. The number of likely N-dealkylation sites (tertiary alicyclic amines) is 2. The quantitative estimate of drug-likeness (QED) is 0.630. The van der Waals surface area contributed by atoms with Crippen molar-refractivity contribution in [3.8, 4) is 0 Å². The molecule has 0 N–H and O–H groups in total. The van der Waals surface area contributed by atoms with Gasteiger partial charge < -0.3 is 9.64 Å². The second kappa shape index (κ2) is 3.91. The normalized spacial score (nSPS) is 30.6. The monoisotopic (exact) mass is 226 g/mol. The molecular weight excluding hydrogens is 204 g/mol. The molecule has 2 aliphatic rings. The lowest BCUT2D eigenvalue weighted by Gasteiger charge is -2.54. The van der Waals surface area contributed by atoms with Gasteiger partial charge in [0.25, 0.3) is 0 Å². The van der Waals surface area contributed by atoms with Gasteiger partial charge in [-0.2, -0.15) is 0 Å². The molecular formula is C12H22N2O2. The fraction of sp³-hybridized carbons (Fsp3) is 0.917. The number of piperidine rings is 1. The Morgan fingerprint density at radius 2 is 2.00 bits per heavy atom. The van der Waals surface area contributed by atoms with E-state index < -0.39 is 0 Å². The van der Waals surface area contributed by atoms with E-state index in [1.807, 2.05) is 25.7 Å². The van der Waals surface area contributed by atoms with Gasteiger partial charge in [0, 0.05) is 12.6 Å². The van der Waals surface area contributed by atoms with Crippen LogP contribution in [0.5, 0.6) is 0 Å². The summed E-state index contributed by atoms with van der Waals surface area (Å²) < 4.78 is 5.39. The Labute approximate surface area is 97.5 Å². The number of rotatable bonds is 0. The summed E-state index contributed by atoms with van der Waals surface area (Å²) in [5, 5.41) is 0. The van der Waals surface area contributed by atoms with E-state index in [-0.39, 0.29) is 11.7 Å². The van der Waals surface area contributed by atoms with Crippen LogP contribution in [0.25, 0.3) is 0 Å². The molecule has 0 aliphatic carbocycles. The second-order valence-electron chi connectivity index (χ2n) is 5.89. The largest absolute Gasteiger partial charge is 0.444 e. The zero-order valence-corrected chi connectivity index (χ0v) is 10.7. The fourth-order valence-corrected chi connectivity index (χ4v) is 2.56. The second-order valence-corrected chi connectivity index (χ2v) is 5.89. The zero-order chi connectivity index (χ0) is 11.9. The number of ether oxygens (including phenoxy) is 1. The van der Waals surface area contributed by atoms with Gasteiger partial charge in [0.15, 0.2) is 0 Å². The predicted molar refractivity (Wildman–Crippen MR) is 62.4 cm³/mol. The van der Waals surface area contributed by atoms with Crippen LogP contribution in [-0.2, 0) is 4.74 Å². The van der Waals surface area contributed by atoms with E-state index in [1.165, 1.54) is 6.42 Å². The van der Waals surface area contributed by atoms with Crippen molar-refractivity contribution in [1.82, 2.24) is 9.80 Å². The molecule has 4 nitrogen and oxygen atoms in total. The molecule has 0 aromatic carbocycles. The summed E-state index contributed by atoms with van der Waals surface area (Å²) >= 11 is 0. The Kier molecular flexibility index (Phi) is 2.86. The highest BCUT2D eigenvalue weighted by Gasteiger charge is 2.46. The Morgan fingerprint density at radius 3 is 2.62 bits per heavy atom. The smallest absolute Gasteiger partial charge is 0.410 e. The average Bonchev–Trinajstić information content (AvgIpc) is 2.05. The molecule has 2 unspecified atom stereocenters. The van der Waals surface area contributed by atoms with Gasteiger partial charge in [0.1, 0.15) is 5.60 Å². The van der Waals surface area contributed by atoms with Crippen molar-refractivity contribution in [2.45, 2.75) is 51.3 Å². The molecule has 2 saturated heterocycles. The molecule has 0 aromatic rings. The maximum absolute atomic E-state index is 11.9. The van der Waals surface area contributed by atoms with E-state index in [2.05, 4.69) is 11.9 Å². The Bertz CT molecular complexity index is 285. The van der Waals surface area contributed by atoms with Crippen molar-refractivity contribution in [3.63, 3.8) is 0 Å². The summed E-state index contributed by atoms with van der Waals surface area (Å²) in [7, 11) is 2.14. The fourth-order valence-electron chi connectivity index (χ4n) is 2.56. The maximum Gasteiger partial charge on any atom is 0.410 e. The molecule has 0 spiro atoms. The van der Waals surface area contributed by atoms with Crippen molar-refractivity contribution < 1.29 is 9.53 Å². The van der Waals surface area contributed by atoms with Crippen molar-refractivity contribution >= 4 is 6.09 Å². The number of hydrogen-bond donors (Lipinski definition) is 0. The van der Waals surface area contributed by atoms with Crippen molar-refractivity contribution in [2.75, 3.05) is 20.1 Å². The first-order valence-electron chi connectivity index (χ1n) is 6.08. The minimum atomic E-state index is -0.386. The number of carbonyl (C=O) groups excluding carboxylic acids is 1. The maximum atomic E-state index is 11.9. The zero-order valence-electron chi connectivity index (χ0n) is 10.7. The number of fused-ring (bicyclic) bond motifs is 1. The van der Waals surface area contributed by atoms with Crippen molar-refractivity contribution in [1.29, 1.82) is 0 Å². The molecule has 16 heavy (non-hydrogen) atoms. The molecule has 0 saturated carbocycles. The standard InChI is InChI=1S/C12H22N2O2/c1-12(2,3)16-11(15)14-8-10-9(14)6-5-7-13(10)4/h9-10H,5-8H2,1-4H3. The topological polar surface area (TPSA) is 32.8 Å². The molecule has 2 aliphatic heterocycles. The highest BCUT2D eigenvalue weighted by atomic mass is 16.6. The Hall–Kier alpha value is -0.770. The molecule has 2 heterocycles. The molecule has 0 radical (unpaired) electrons. The van der Waals surface area contributed by atoms with E-state index in [9.17, 15) is 4.79 Å². The van der Waals surface area contributed by atoms with E-state index >= 15 is 0 Å². The van der Waals surface area contributed by atoms with E-state index in [4.69, 9.17) is 4.74 Å². The SMILES string of the molecule is CN1CCCC2C1CN2C(=O)OC(C)(C)C. The van der Waals surface area contributed by atoms with Gasteiger partial charge >= 0.3 is 6.09 Å². The van der Waals surface area contributed by atoms with E-state index in [0.29, 0.717) is 12.1 Å². The lowest BCUT2D eigenvalue weighted by atomic mass is 9.88. The van der Waals surface area contributed by atoms with E-state index in [1.54, 1.807) is 0 Å². The van der Waals surface area contributed by atoms with Gasteiger partial charge in [0.05, 0.1) is 6.04 Å². The van der Waals surface area contributed by atoms with Crippen molar-refractivity contribution in [2.24, 2.45) is 0 Å². The first-order chi connectivity index (χ1) is 7.38. The third-order valence-electron chi connectivity index (χ3n) is 3.43. The number of hydrogen-bond acceptors (Lipinski definition) is 3. The summed E-state index contributed by atoms with van der Waals surface area (Å²) in [5.74, 6) is 0. The van der Waals surface area contributed by atoms with Crippen molar-refractivity contribution in [3.05, 3.63) is 0 Å². The van der Waals surface area contributed by atoms with Crippen LogP contribution < -0.4 is 0 Å². The van der Waals surface area contributed by atoms with Gasteiger partial charge in [-0.3, -0.25) is 4.90 Å². The number of nitrogens with zero attached hydrogens (tertiary/aromatic N) is 2. The van der Waals surface area contributed by atoms with Crippen LogP contribution in [0.3, 0.4) is 0 Å². The molecule has 2 rings (SSSR count). The summed E-state index contributed by atoms with van der Waals surface area (Å²) in [6.07, 6.45) is 2.15. The first-order valence-corrected chi connectivity index (χ1v) is 6.08. The number of carbonyl (C=O) groups is 1. The predicted octanol–water partition coefficient (Wildman–Crippen LogP) is 1.70. The van der Waals surface area contributed by atoms with Crippen LogP contribution >= 0.6 is 0 Å². The lowest BCUT2D eigenvalue weighted by Crippen LogP contribution is -2.69. The van der Waals surface area contributed by atoms with Crippen LogP contribution in [0, 0.1) is 0 Å². The summed E-state index contributed by atoms with van der Waals surface area (Å²) in [6, 6.07) is 0.940. The molecule has 0 bridgehead atoms. The molecule has 2 fully saturated rings. The van der Waals surface area contributed by atoms with Crippen LogP contribution in [-0.4, -0.2) is 53.7 Å². The molecule has 2 atom stereocenters. The Morgan fingerprint density at radius 1 is 1.31 bits per heavy atom. The number of amides is 1. The minimum absolute atomic E-state index is 0.149. The lowest BCUT2D eigenvalue weighted by molar-refractivity contribution is -0.0605. The summed E-state index contributed by atoms with van der Waals surface area (Å²) in [6.45, 7) is 7.72. The van der Waals surface area contributed by atoms with Gasteiger partial charge in [-0.05, 0) is 47.2 Å². The summed E-state index contributed by atoms with van der Waals surface area (Å²) in [4.78, 5) is 16.1. The molecule has 1 amide bonds. The van der Waals surface area contributed by atoms with Crippen LogP contribution in [0.2, 0.25) is 0 Å². The summed E-state index contributed by atoms with van der Waals surface area (Å²) in [5.41, 5.74) is -0.386. The highest BCUT2D eigenvalue weighted by Crippen LogP contribution is 2.31. The van der Waals surface area contributed by atoms with Gasteiger partial charge in [-0.25, -0.2) is 4.79 Å². The molecule has 0 aromatic heterocycles. The average molecular weight is 226 g/mol. The Balaban J connectivity index is 1.91. The van der Waals surface area contributed by atoms with Gasteiger partial charge in [-0.15, -0.1) is 0 Å². The molecule has 92 valence electrons. The highest BCUT2D eigenvalue weighted by molar-refractivity contribution is 5.70. The molecule has 4 heteroatoms. The van der Waals surface area contributed by atoms with Crippen LogP contribution in [0.4, 0.5) is 4.79 Å². The van der Waals surface area contributed by atoms with Gasteiger partial charge in [-0.1, -0.05) is 0 Å². The van der Waals surface area contributed by atoms with Crippen LogP contribution in [0.15, 0.2) is 0 Å². The van der Waals surface area contributed by atoms with E-state index in [0.717, 1.165) is 19.5 Å². The third kappa shape index (κ3) is 2.17. The third-order valence-corrected chi connectivity index (χ3v) is 3.43.